The van der Waals surface area contributed by atoms with Gasteiger partial charge in [-0.15, -0.1) is 0 Å². The zero-order valence-corrected chi connectivity index (χ0v) is 19.0. The molecule has 0 radical (unpaired) electrons. The molecule has 1 heterocycles. The fourth-order valence-electron chi connectivity index (χ4n) is 3.34. The summed E-state index contributed by atoms with van der Waals surface area (Å²) in [6, 6.07) is 10.2. The van der Waals surface area contributed by atoms with Crippen LogP contribution in [0.25, 0.3) is 10.8 Å². The Morgan fingerprint density at radius 3 is 2.65 bits per heavy atom. The number of hydrogen-bond donors (Lipinski definition) is 3. The molecule has 11 heteroatoms. The number of carboxylic acids is 1. The number of rotatable bonds is 11. The van der Waals surface area contributed by atoms with Crippen molar-refractivity contribution in [3.8, 4) is 5.75 Å². The van der Waals surface area contributed by atoms with Crippen molar-refractivity contribution in [3.05, 3.63) is 60.4 Å². The summed E-state index contributed by atoms with van der Waals surface area (Å²) in [7, 11) is -4.32. The molecule has 0 aliphatic carbocycles. The van der Waals surface area contributed by atoms with Gasteiger partial charge in [-0.25, -0.2) is 13.1 Å². The lowest BCUT2D eigenvalue weighted by Gasteiger charge is -2.16. The number of aldehydes is 1. The third kappa shape index (κ3) is 6.36. The molecular formula is C23H23N3O7S. The highest BCUT2D eigenvalue weighted by atomic mass is 32.2. The smallest absolute Gasteiger partial charge is 0.305 e. The molecule has 0 spiro atoms. The summed E-state index contributed by atoms with van der Waals surface area (Å²) in [6.45, 7) is 1.40. The number of nitrogens with one attached hydrogen (secondary N) is 2. The van der Waals surface area contributed by atoms with Gasteiger partial charge in [-0.3, -0.25) is 14.6 Å². The van der Waals surface area contributed by atoms with Crippen molar-refractivity contribution in [1.29, 1.82) is 0 Å². The number of carbonyl (C=O) groups is 3. The Morgan fingerprint density at radius 2 is 1.94 bits per heavy atom. The number of sulfonamides is 1. The van der Waals surface area contributed by atoms with E-state index < -0.39 is 28.5 Å². The molecule has 2 aromatic carbocycles. The van der Waals surface area contributed by atoms with Crippen LogP contribution in [0.4, 0.5) is 5.69 Å². The van der Waals surface area contributed by atoms with E-state index in [1.807, 2.05) is 24.3 Å². The molecule has 0 aliphatic rings. The lowest BCUT2D eigenvalue weighted by atomic mass is 10.1. The number of ether oxygens (including phenoxy) is 1. The Balaban J connectivity index is 1.87. The Labute approximate surface area is 196 Å². The molecule has 10 nitrogen and oxygen atoms in total. The molecule has 1 atom stereocenters. The molecule has 0 saturated heterocycles. The number of amides is 1. The molecule has 1 aromatic heterocycles. The van der Waals surface area contributed by atoms with Crippen LogP contribution in [0.1, 0.15) is 18.9 Å². The minimum Gasteiger partial charge on any atom is -0.492 e. The molecule has 34 heavy (non-hydrogen) atoms. The summed E-state index contributed by atoms with van der Waals surface area (Å²) in [5.74, 6) is -1.75. The van der Waals surface area contributed by atoms with Gasteiger partial charge in [-0.1, -0.05) is 24.3 Å². The van der Waals surface area contributed by atoms with Gasteiger partial charge < -0.3 is 20.0 Å². The minimum atomic E-state index is -4.32. The number of carbonyl (C=O) groups excluding carboxylic acids is 2. The monoisotopic (exact) mass is 485 g/mol. The van der Waals surface area contributed by atoms with Crippen molar-refractivity contribution in [3.63, 3.8) is 0 Å². The van der Waals surface area contributed by atoms with E-state index in [2.05, 4.69) is 15.0 Å². The lowest BCUT2D eigenvalue weighted by Crippen LogP contribution is -2.37. The third-order valence-corrected chi connectivity index (χ3v) is 6.33. The van der Waals surface area contributed by atoms with E-state index >= 15 is 0 Å². The minimum absolute atomic E-state index is 0.0630. The van der Waals surface area contributed by atoms with Gasteiger partial charge in [0, 0.05) is 42.9 Å². The van der Waals surface area contributed by atoms with Gasteiger partial charge in [0.05, 0.1) is 19.1 Å². The van der Waals surface area contributed by atoms with E-state index in [-0.39, 0.29) is 29.4 Å². The maximum Gasteiger partial charge on any atom is 0.305 e. The second-order valence-corrected chi connectivity index (χ2v) is 9.11. The predicted octanol–water partition coefficient (Wildman–Crippen LogP) is 2.14. The maximum atomic E-state index is 12.9. The summed E-state index contributed by atoms with van der Waals surface area (Å²) in [4.78, 5) is 37.4. The molecule has 1 unspecified atom stereocenters. The highest BCUT2D eigenvalue weighted by Gasteiger charge is 2.25. The number of carboxylic acid groups (broad SMARTS) is 1. The summed E-state index contributed by atoms with van der Waals surface area (Å²) in [6.07, 6.45) is 3.37. The second-order valence-electron chi connectivity index (χ2n) is 7.42. The first-order chi connectivity index (χ1) is 16.2. The average Bonchev–Trinajstić information content (AvgIpc) is 2.78. The Hall–Kier alpha value is -3.83. The number of anilines is 1. The Bertz CT molecular complexity index is 1320. The van der Waals surface area contributed by atoms with E-state index in [1.165, 1.54) is 25.1 Å². The number of aromatic nitrogens is 1. The number of pyridine rings is 1. The summed E-state index contributed by atoms with van der Waals surface area (Å²) in [5.41, 5.74) is 1.21. The standard InChI is InChI=1S/C23H23N3O7S/c1-15(28)25-18-6-7-22(34(31,32)26-19(14-27)11-23(29)30)21(10-18)33-9-8-17-13-24-12-16-4-2-3-5-20(16)17/h2-7,10,12-14,19,26H,8-9,11H2,1H3,(H,25,28)(H,29,30). The van der Waals surface area contributed by atoms with Gasteiger partial charge in [0.15, 0.2) is 0 Å². The van der Waals surface area contributed by atoms with Crippen LogP contribution in [-0.2, 0) is 30.8 Å². The Morgan fingerprint density at radius 1 is 1.18 bits per heavy atom. The number of hydrogen-bond acceptors (Lipinski definition) is 7. The molecule has 178 valence electrons. The van der Waals surface area contributed by atoms with Crippen LogP contribution in [-0.4, -0.2) is 49.3 Å². The van der Waals surface area contributed by atoms with Crippen LogP contribution in [0, 0.1) is 0 Å². The van der Waals surface area contributed by atoms with Crippen molar-refractivity contribution >= 4 is 44.6 Å². The van der Waals surface area contributed by atoms with Crippen molar-refractivity contribution in [2.45, 2.75) is 30.7 Å². The van der Waals surface area contributed by atoms with E-state index in [9.17, 15) is 22.8 Å². The van der Waals surface area contributed by atoms with Gasteiger partial charge in [-0.05, 0) is 23.1 Å². The normalized spacial score (nSPS) is 12.1. The zero-order chi connectivity index (χ0) is 24.7. The van der Waals surface area contributed by atoms with Crippen LogP contribution >= 0.6 is 0 Å². The summed E-state index contributed by atoms with van der Waals surface area (Å²) in [5, 5.41) is 13.4. The molecule has 0 saturated carbocycles. The van der Waals surface area contributed by atoms with Crippen LogP contribution < -0.4 is 14.8 Å². The fourth-order valence-corrected chi connectivity index (χ4v) is 4.64. The molecule has 3 N–H and O–H groups in total. The maximum absolute atomic E-state index is 12.9. The van der Waals surface area contributed by atoms with Gasteiger partial charge in [-0.2, -0.15) is 0 Å². The van der Waals surface area contributed by atoms with Crippen LogP contribution in [0.2, 0.25) is 0 Å². The first-order valence-corrected chi connectivity index (χ1v) is 11.7. The second kappa shape index (κ2) is 10.9. The van der Waals surface area contributed by atoms with E-state index in [4.69, 9.17) is 9.84 Å². The number of benzene rings is 2. The highest BCUT2D eigenvalue weighted by molar-refractivity contribution is 7.89. The van der Waals surface area contributed by atoms with Gasteiger partial charge in [0.25, 0.3) is 0 Å². The summed E-state index contributed by atoms with van der Waals surface area (Å²) < 4.78 is 33.7. The topological polar surface area (TPSA) is 152 Å². The first kappa shape index (κ1) is 24.8. The van der Waals surface area contributed by atoms with E-state index in [0.29, 0.717) is 12.1 Å². The number of aliphatic carboxylic acids is 1. The lowest BCUT2D eigenvalue weighted by molar-refractivity contribution is -0.138. The molecule has 0 aliphatic heterocycles. The molecule has 1 amide bonds. The van der Waals surface area contributed by atoms with Gasteiger partial charge >= 0.3 is 5.97 Å². The predicted molar refractivity (Wildman–Crippen MR) is 124 cm³/mol. The fraction of sp³-hybridized carbons (Fsp3) is 0.217. The van der Waals surface area contributed by atoms with E-state index in [0.717, 1.165) is 16.3 Å². The van der Waals surface area contributed by atoms with Gasteiger partial charge in [0.1, 0.15) is 16.9 Å². The molecule has 0 fully saturated rings. The highest BCUT2D eigenvalue weighted by Crippen LogP contribution is 2.28. The quantitative estimate of drug-likeness (QED) is 0.349. The van der Waals surface area contributed by atoms with Crippen molar-refractivity contribution < 1.29 is 32.6 Å². The molecular weight excluding hydrogens is 462 g/mol. The van der Waals surface area contributed by atoms with Crippen molar-refractivity contribution in [2.24, 2.45) is 0 Å². The number of nitrogens with zero attached hydrogens (tertiary/aromatic N) is 1. The van der Waals surface area contributed by atoms with Crippen molar-refractivity contribution in [2.75, 3.05) is 11.9 Å². The average molecular weight is 486 g/mol. The molecule has 3 aromatic rings. The van der Waals surface area contributed by atoms with Crippen LogP contribution in [0.15, 0.2) is 59.8 Å². The SMILES string of the molecule is CC(=O)Nc1ccc(S(=O)(=O)NC(C=O)CC(=O)O)c(OCCc2cncc3ccccc23)c1. The first-order valence-electron chi connectivity index (χ1n) is 10.2. The van der Waals surface area contributed by atoms with Crippen molar-refractivity contribution in [1.82, 2.24) is 9.71 Å². The molecule has 0 bridgehead atoms. The molecule has 3 rings (SSSR count). The largest absolute Gasteiger partial charge is 0.492 e. The van der Waals surface area contributed by atoms with E-state index in [1.54, 1.807) is 12.4 Å². The van der Waals surface area contributed by atoms with Crippen LogP contribution in [0.3, 0.4) is 0 Å². The number of fused-ring (bicyclic) bond motifs is 1. The zero-order valence-electron chi connectivity index (χ0n) is 18.2. The van der Waals surface area contributed by atoms with Gasteiger partial charge in [0.2, 0.25) is 15.9 Å². The Kier molecular flexibility index (Phi) is 7.92. The van der Waals surface area contributed by atoms with Crippen LogP contribution in [0.5, 0.6) is 5.75 Å². The third-order valence-electron chi connectivity index (χ3n) is 4.80. The summed E-state index contributed by atoms with van der Waals surface area (Å²) >= 11 is 0.